The van der Waals surface area contributed by atoms with Crippen LogP contribution in [0.3, 0.4) is 0 Å². The van der Waals surface area contributed by atoms with Gasteiger partial charge in [-0.25, -0.2) is 0 Å². The van der Waals surface area contributed by atoms with Gasteiger partial charge in [0.1, 0.15) is 0 Å². The molecule has 1 aromatic rings. The van der Waals surface area contributed by atoms with E-state index < -0.39 is 0 Å². The van der Waals surface area contributed by atoms with Gasteiger partial charge in [0.15, 0.2) is 0 Å². The zero-order valence-corrected chi connectivity index (χ0v) is 12.2. The van der Waals surface area contributed by atoms with Crippen molar-refractivity contribution in [2.45, 2.75) is 51.8 Å². The Kier molecular flexibility index (Phi) is 4.23. The molecule has 2 atom stereocenters. The number of rotatable bonds is 3. The third-order valence-corrected chi connectivity index (χ3v) is 3.23. The first kappa shape index (κ1) is 14.4. The van der Waals surface area contributed by atoms with Gasteiger partial charge in [0.05, 0.1) is 19.3 Å². The number of aromatic nitrogens is 2. The van der Waals surface area contributed by atoms with Crippen molar-refractivity contribution >= 4 is 0 Å². The van der Waals surface area contributed by atoms with Crippen LogP contribution in [0, 0.1) is 0 Å². The molecule has 0 aliphatic carbocycles. The summed E-state index contributed by atoms with van der Waals surface area (Å²) >= 11 is 0. The first-order valence-corrected chi connectivity index (χ1v) is 6.78. The maximum Gasteiger partial charge on any atom is 0.230 e. The van der Waals surface area contributed by atoms with Crippen molar-refractivity contribution in [1.29, 1.82) is 0 Å². The summed E-state index contributed by atoms with van der Waals surface area (Å²) in [5.74, 6) is 1.34. The molecule has 2 rings (SSSR count). The van der Waals surface area contributed by atoms with Gasteiger partial charge < -0.3 is 14.9 Å². The number of nitrogens with zero attached hydrogens (tertiary/aromatic N) is 3. The van der Waals surface area contributed by atoms with Gasteiger partial charge in [-0.3, -0.25) is 4.90 Å². The summed E-state index contributed by atoms with van der Waals surface area (Å²) in [6.07, 6.45) is 0.0822. The molecule has 108 valence electrons. The summed E-state index contributed by atoms with van der Waals surface area (Å²) in [6, 6.07) is 0.0376. The fourth-order valence-corrected chi connectivity index (χ4v) is 2.01. The Morgan fingerprint density at radius 2 is 2.16 bits per heavy atom. The van der Waals surface area contributed by atoms with Crippen molar-refractivity contribution in [3.8, 4) is 0 Å². The summed E-state index contributed by atoms with van der Waals surface area (Å²) in [7, 11) is 0. The second kappa shape index (κ2) is 5.56. The van der Waals surface area contributed by atoms with E-state index in [9.17, 15) is 0 Å². The lowest BCUT2D eigenvalue weighted by molar-refractivity contribution is -0.0425. The molecule has 2 heterocycles. The van der Waals surface area contributed by atoms with Crippen molar-refractivity contribution in [3.63, 3.8) is 0 Å². The van der Waals surface area contributed by atoms with Gasteiger partial charge in [-0.1, -0.05) is 20.8 Å². The first-order valence-electron chi connectivity index (χ1n) is 6.78. The molecular weight excluding hydrogens is 244 g/mol. The smallest absolute Gasteiger partial charge is 0.230 e. The fraction of sp³-hybridized carbons (Fsp3) is 0.846. The summed E-state index contributed by atoms with van der Waals surface area (Å²) in [5, 5.41) is 8.22. The number of nitrogens with two attached hydrogens (primary N) is 1. The molecule has 19 heavy (non-hydrogen) atoms. The molecule has 1 aliphatic rings. The molecule has 1 aromatic heterocycles. The molecule has 0 radical (unpaired) electrons. The quantitative estimate of drug-likeness (QED) is 0.878. The predicted octanol–water partition coefficient (Wildman–Crippen LogP) is 0.915. The molecule has 1 aliphatic heterocycles. The maximum atomic E-state index is 5.88. The molecule has 2 unspecified atom stereocenters. The van der Waals surface area contributed by atoms with E-state index in [0.717, 1.165) is 13.1 Å². The van der Waals surface area contributed by atoms with E-state index in [-0.39, 0.29) is 17.6 Å². The topological polar surface area (TPSA) is 77.4 Å². The molecule has 6 nitrogen and oxygen atoms in total. The molecule has 0 bridgehead atoms. The molecule has 0 spiro atoms. The van der Waals surface area contributed by atoms with Crippen LogP contribution in [-0.2, 0) is 16.7 Å². The van der Waals surface area contributed by atoms with E-state index in [1.54, 1.807) is 0 Å². The van der Waals surface area contributed by atoms with Crippen LogP contribution in [0.25, 0.3) is 0 Å². The highest BCUT2D eigenvalue weighted by Crippen LogP contribution is 2.21. The molecule has 0 amide bonds. The van der Waals surface area contributed by atoms with Gasteiger partial charge in [-0.15, -0.1) is 10.2 Å². The van der Waals surface area contributed by atoms with E-state index in [2.05, 4.69) is 35.9 Å². The minimum atomic E-state index is -0.107. The highest BCUT2D eigenvalue weighted by molar-refractivity contribution is 4.96. The van der Waals surface area contributed by atoms with Gasteiger partial charge >= 0.3 is 0 Å². The van der Waals surface area contributed by atoms with Crippen LogP contribution >= 0.6 is 0 Å². The van der Waals surface area contributed by atoms with Crippen LogP contribution in [0.4, 0.5) is 0 Å². The molecule has 0 saturated carbocycles. The minimum absolute atomic E-state index is 0.0376. The Morgan fingerprint density at radius 3 is 2.74 bits per heavy atom. The average molecular weight is 268 g/mol. The van der Waals surface area contributed by atoms with E-state index in [1.807, 2.05) is 6.92 Å². The number of morpholine rings is 1. The van der Waals surface area contributed by atoms with Crippen LogP contribution in [0.1, 0.15) is 39.5 Å². The maximum absolute atomic E-state index is 5.88. The summed E-state index contributed by atoms with van der Waals surface area (Å²) < 4.78 is 11.3. The van der Waals surface area contributed by atoms with Gasteiger partial charge in [0.25, 0.3) is 0 Å². The zero-order chi connectivity index (χ0) is 14.0. The Bertz CT molecular complexity index is 411. The second-order valence-electron chi connectivity index (χ2n) is 6.25. The van der Waals surface area contributed by atoms with Crippen LogP contribution in [0.15, 0.2) is 4.42 Å². The second-order valence-corrected chi connectivity index (χ2v) is 6.25. The fourth-order valence-electron chi connectivity index (χ4n) is 2.01. The predicted molar refractivity (Wildman–Crippen MR) is 71.7 cm³/mol. The Labute approximate surface area is 114 Å². The van der Waals surface area contributed by atoms with Crippen LogP contribution in [-0.4, -0.2) is 46.9 Å². The molecule has 2 N–H and O–H groups in total. The van der Waals surface area contributed by atoms with E-state index >= 15 is 0 Å². The summed E-state index contributed by atoms with van der Waals surface area (Å²) in [5.41, 5.74) is 5.77. The van der Waals surface area contributed by atoms with Gasteiger partial charge in [-0.05, 0) is 6.92 Å². The summed E-state index contributed by atoms with van der Waals surface area (Å²) in [6.45, 7) is 11.2. The number of hydrogen-bond donors (Lipinski definition) is 1. The lowest BCUT2D eigenvalue weighted by Crippen LogP contribution is -2.49. The third-order valence-electron chi connectivity index (χ3n) is 3.23. The van der Waals surface area contributed by atoms with Crippen molar-refractivity contribution in [2.75, 3.05) is 19.7 Å². The van der Waals surface area contributed by atoms with Crippen molar-refractivity contribution in [3.05, 3.63) is 11.8 Å². The molecule has 1 saturated heterocycles. The van der Waals surface area contributed by atoms with E-state index in [1.165, 1.54) is 0 Å². The lowest BCUT2D eigenvalue weighted by atomic mass is 9.97. The third kappa shape index (κ3) is 3.75. The Morgan fingerprint density at radius 1 is 1.42 bits per heavy atom. The zero-order valence-electron chi connectivity index (χ0n) is 12.2. The SMILES string of the molecule is CC(N)C1CN(Cc2nnc(C(C)(C)C)o2)CCO1. The molecule has 6 heteroatoms. The highest BCUT2D eigenvalue weighted by Gasteiger charge is 2.26. The largest absolute Gasteiger partial charge is 0.423 e. The van der Waals surface area contributed by atoms with E-state index in [4.69, 9.17) is 14.9 Å². The van der Waals surface area contributed by atoms with Crippen LogP contribution in [0.5, 0.6) is 0 Å². The number of hydrogen-bond acceptors (Lipinski definition) is 6. The standard InChI is InChI=1S/C13H24N4O2/c1-9(14)10-7-17(5-6-18-10)8-11-15-16-12(19-11)13(2,3)4/h9-10H,5-8,14H2,1-4H3. The Hall–Kier alpha value is -0.980. The Balaban J connectivity index is 1.95. The van der Waals surface area contributed by atoms with Crippen LogP contribution in [0.2, 0.25) is 0 Å². The average Bonchev–Trinajstić information content (AvgIpc) is 2.77. The van der Waals surface area contributed by atoms with Gasteiger partial charge in [-0.2, -0.15) is 0 Å². The highest BCUT2D eigenvalue weighted by atomic mass is 16.5. The minimum Gasteiger partial charge on any atom is -0.423 e. The number of ether oxygens (including phenoxy) is 1. The van der Waals surface area contributed by atoms with Gasteiger partial charge in [0, 0.05) is 24.5 Å². The van der Waals surface area contributed by atoms with Gasteiger partial charge in [0.2, 0.25) is 11.8 Å². The monoisotopic (exact) mass is 268 g/mol. The summed E-state index contributed by atoms with van der Waals surface area (Å²) in [4.78, 5) is 2.25. The van der Waals surface area contributed by atoms with Crippen molar-refractivity contribution in [2.24, 2.45) is 5.73 Å². The van der Waals surface area contributed by atoms with Crippen molar-refractivity contribution in [1.82, 2.24) is 15.1 Å². The lowest BCUT2D eigenvalue weighted by Gasteiger charge is -2.33. The normalized spacial score (nSPS) is 23.5. The molecular formula is C13H24N4O2. The first-order chi connectivity index (χ1) is 8.86. The molecule has 1 fully saturated rings. The van der Waals surface area contributed by atoms with Crippen LogP contribution < -0.4 is 5.73 Å². The molecule has 0 aromatic carbocycles. The van der Waals surface area contributed by atoms with E-state index in [0.29, 0.717) is 24.9 Å². The van der Waals surface area contributed by atoms with Crippen molar-refractivity contribution < 1.29 is 9.15 Å².